The third kappa shape index (κ3) is 2.70. The zero-order chi connectivity index (χ0) is 15.9. The average Bonchev–Trinajstić information content (AvgIpc) is 2.82. The summed E-state index contributed by atoms with van der Waals surface area (Å²) in [5.74, 6) is 1.12. The first kappa shape index (κ1) is 15.3. The van der Waals surface area contributed by atoms with Gasteiger partial charge in [-0.15, -0.1) is 0 Å². The molecule has 0 unspecified atom stereocenters. The molecule has 2 heterocycles. The van der Waals surface area contributed by atoms with Crippen molar-refractivity contribution in [2.24, 2.45) is 11.8 Å². The van der Waals surface area contributed by atoms with Gasteiger partial charge in [0.15, 0.2) is 0 Å². The van der Waals surface area contributed by atoms with Gasteiger partial charge in [0.05, 0.1) is 10.1 Å². The van der Waals surface area contributed by atoms with E-state index in [1.807, 2.05) is 36.1 Å². The fourth-order valence-electron chi connectivity index (χ4n) is 3.45. The Kier molecular flexibility index (Phi) is 4.08. The lowest BCUT2D eigenvalue weighted by Crippen LogP contribution is -2.45. The molecule has 4 nitrogen and oxygen atoms in total. The molecule has 0 spiro atoms. The summed E-state index contributed by atoms with van der Waals surface area (Å²) in [4.78, 5) is 27.2. The molecular formula is C17H22N2O2S. The Morgan fingerprint density at radius 1 is 1.23 bits per heavy atom. The molecule has 1 saturated heterocycles. The van der Waals surface area contributed by atoms with Gasteiger partial charge >= 0.3 is 0 Å². The first-order valence-corrected chi connectivity index (χ1v) is 8.64. The number of aromatic nitrogens is 1. The van der Waals surface area contributed by atoms with Crippen LogP contribution in [-0.2, 0) is 4.79 Å². The van der Waals surface area contributed by atoms with Gasteiger partial charge in [0.2, 0.25) is 5.91 Å². The summed E-state index contributed by atoms with van der Waals surface area (Å²) in [7, 11) is 0. The second-order valence-electron chi connectivity index (χ2n) is 6.58. The van der Waals surface area contributed by atoms with Crippen molar-refractivity contribution in [3.63, 3.8) is 0 Å². The standard InChI is InChI=1S/C17H22N2O2S/c1-11-8-12(2)10-18(9-11)16(20)13(3)19-17(21)14-6-4-5-7-15(14)22-19/h4-7,11-13H,8-10H2,1-3H3/t11-,12+,13-/m1/s1. The van der Waals surface area contributed by atoms with Crippen molar-refractivity contribution in [1.82, 2.24) is 8.86 Å². The van der Waals surface area contributed by atoms with Crippen LogP contribution in [0.3, 0.4) is 0 Å². The van der Waals surface area contributed by atoms with Crippen molar-refractivity contribution in [2.75, 3.05) is 13.1 Å². The molecule has 1 amide bonds. The number of rotatable bonds is 2. The van der Waals surface area contributed by atoms with Crippen molar-refractivity contribution in [3.05, 3.63) is 34.6 Å². The summed E-state index contributed by atoms with van der Waals surface area (Å²) in [6.07, 6.45) is 1.17. The number of piperidine rings is 1. The maximum Gasteiger partial charge on any atom is 0.269 e. The predicted molar refractivity (Wildman–Crippen MR) is 90.3 cm³/mol. The highest BCUT2D eigenvalue weighted by Crippen LogP contribution is 2.25. The van der Waals surface area contributed by atoms with Crippen LogP contribution in [0.5, 0.6) is 0 Å². The van der Waals surface area contributed by atoms with E-state index in [0.29, 0.717) is 17.2 Å². The summed E-state index contributed by atoms with van der Waals surface area (Å²) >= 11 is 1.38. The first-order valence-electron chi connectivity index (χ1n) is 7.86. The van der Waals surface area contributed by atoms with Gasteiger partial charge in [-0.25, -0.2) is 0 Å². The van der Waals surface area contributed by atoms with Crippen LogP contribution in [-0.4, -0.2) is 27.9 Å². The van der Waals surface area contributed by atoms with Gasteiger partial charge in [-0.2, -0.15) is 0 Å². The van der Waals surface area contributed by atoms with Crippen LogP contribution in [0.25, 0.3) is 10.1 Å². The molecule has 1 aliphatic rings. The molecule has 22 heavy (non-hydrogen) atoms. The van der Waals surface area contributed by atoms with E-state index in [4.69, 9.17) is 0 Å². The number of amides is 1. The second kappa shape index (κ2) is 5.88. The minimum Gasteiger partial charge on any atom is -0.340 e. The molecule has 5 heteroatoms. The zero-order valence-corrected chi connectivity index (χ0v) is 14.1. The number of likely N-dealkylation sites (tertiary alicyclic amines) is 1. The van der Waals surface area contributed by atoms with Crippen LogP contribution >= 0.6 is 11.5 Å². The number of nitrogens with zero attached hydrogens (tertiary/aromatic N) is 2. The van der Waals surface area contributed by atoms with E-state index in [0.717, 1.165) is 17.8 Å². The predicted octanol–water partition coefficient (Wildman–Crippen LogP) is 3.13. The van der Waals surface area contributed by atoms with Crippen LogP contribution in [0.15, 0.2) is 29.1 Å². The molecule has 1 aliphatic heterocycles. The Morgan fingerprint density at radius 3 is 2.50 bits per heavy atom. The second-order valence-corrected chi connectivity index (χ2v) is 7.60. The summed E-state index contributed by atoms with van der Waals surface area (Å²) < 4.78 is 2.56. The van der Waals surface area contributed by atoms with Gasteiger partial charge in [0.25, 0.3) is 5.56 Å². The molecular weight excluding hydrogens is 296 g/mol. The minimum absolute atomic E-state index is 0.0560. The molecule has 0 aliphatic carbocycles. The fraction of sp³-hybridized carbons (Fsp3) is 0.529. The maximum absolute atomic E-state index is 12.8. The summed E-state index contributed by atoms with van der Waals surface area (Å²) in [6.45, 7) is 7.81. The lowest BCUT2D eigenvalue weighted by Gasteiger charge is -2.36. The van der Waals surface area contributed by atoms with Gasteiger partial charge in [0.1, 0.15) is 6.04 Å². The van der Waals surface area contributed by atoms with E-state index in [-0.39, 0.29) is 11.5 Å². The van der Waals surface area contributed by atoms with Gasteiger partial charge in [-0.05, 0) is 37.3 Å². The van der Waals surface area contributed by atoms with Crippen LogP contribution < -0.4 is 5.56 Å². The molecule has 0 saturated carbocycles. The van der Waals surface area contributed by atoms with Crippen molar-refractivity contribution < 1.29 is 4.79 Å². The monoisotopic (exact) mass is 318 g/mol. The smallest absolute Gasteiger partial charge is 0.269 e. The molecule has 1 aromatic heterocycles. The summed E-state index contributed by atoms with van der Waals surface area (Å²) in [5, 5.41) is 0.701. The normalized spacial score (nSPS) is 23.7. The first-order chi connectivity index (χ1) is 10.5. The summed E-state index contributed by atoms with van der Waals surface area (Å²) in [6, 6.07) is 7.11. The minimum atomic E-state index is -0.428. The Balaban J connectivity index is 1.88. The Hall–Kier alpha value is -1.62. The van der Waals surface area contributed by atoms with Gasteiger partial charge in [-0.3, -0.25) is 13.5 Å². The molecule has 3 atom stereocenters. The molecule has 118 valence electrons. The van der Waals surface area contributed by atoms with Gasteiger partial charge in [0, 0.05) is 13.1 Å². The molecule has 0 N–H and O–H groups in total. The van der Waals surface area contributed by atoms with Crippen LogP contribution in [0.2, 0.25) is 0 Å². The highest BCUT2D eigenvalue weighted by Gasteiger charge is 2.30. The van der Waals surface area contributed by atoms with E-state index in [1.165, 1.54) is 18.0 Å². The van der Waals surface area contributed by atoms with E-state index in [9.17, 15) is 9.59 Å². The topological polar surface area (TPSA) is 42.3 Å². The van der Waals surface area contributed by atoms with Crippen molar-refractivity contribution >= 4 is 27.5 Å². The van der Waals surface area contributed by atoms with Crippen molar-refractivity contribution in [1.29, 1.82) is 0 Å². The zero-order valence-electron chi connectivity index (χ0n) is 13.3. The average molecular weight is 318 g/mol. The van der Waals surface area contributed by atoms with Crippen LogP contribution in [0.1, 0.15) is 33.2 Å². The van der Waals surface area contributed by atoms with Crippen molar-refractivity contribution in [3.8, 4) is 0 Å². The summed E-state index contributed by atoms with van der Waals surface area (Å²) in [5.41, 5.74) is -0.0560. The third-order valence-electron chi connectivity index (χ3n) is 4.40. The third-order valence-corrected chi connectivity index (χ3v) is 5.64. The SMILES string of the molecule is C[C@@H]1C[C@H](C)CN(C(=O)[C@@H](C)n2sc3ccccc3c2=O)C1. The molecule has 3 rings (SSSR count). The maximum atomic E-state index is 12.8. The van der Waals surface area contributed by atoms with Gasteiger partial charge < -0.3 is 4.90 Å². The fourth-order valence-corrected chi connectivity index (χ4v) is 4.49. The quantitative estimate of drug-likeness (QED) is 0.854. The lowest BCUT2D eigenvalue weighted by atomic mass is 9.91. The number of fused-ring (bicyclic) bond motifs is 1. The Bertz CT molecular complexity index is 738. The van der Waals surface area contributed by atoms with E-state index < -0.39 is 6.04 Å². The van der Waals surface area contributed by atoms with Crippen molar-refractivity contribution in [2.45, 2.75) is 33.2 Å². The number of benzene rings is 1. The van der Waals surface area contributed by atoms with E-state index >= 15 is 0 Å². The molecule has 0 radical (unpaired) electrons. The molecule has 0 bridgehead atoms. The highest BCUT2D eigenvalue weighted by molar-refractivity contribution is 7.14. The Labute approximate surface area is 134 Å². The molecule has 1 aromatic carbocycles. The number of hydrogen-bond acceptors (Lipinski definition) is 3. The Morgan fingerprint density at radius 2 is 1.86 bits per heavy atom. The van der Waals surface area contributed by atoms with E-state index in [1.54, 1.807) is 3.96 Å². The van der Waals surface area contributed by atoms with Gasteiger partial charge in [-0.1, -0.05) is 37.5 Å². The van der Waals surface area contributed by atoms with Crippen LogP contribution in [0, 0.1) is 11.8 Å². The molecule has 1 fully saturated rings. The van der Waals surface area contributed by atoms with E-state index in [2.05, 4.69) is 13.8 Å². The lowest BCUT2D eigenvalue weighted by molar-refractivity contribution is -0.136. The number of carbonyl (C=O) groups is 1. The highest BCUT2D eigenvalue weighted by atomic mass is 32.1. The largest absolute Gasteiger partial charge is 0.340 e. The van der Waals surface area contributed by atoms with Crippen LogP contribution in [0.4, 0.5) is 0 Å². The number of hydrogen-bond donors (Lipinski definition) is 0. The number of carbonyl (C=O) groups excluding carboxylic acids is 1. The molecule has 2 aromatic rings.